The van der Waals surface area contributed by atoms with Gasteiger partial charge in [0, 0.05) is 6.16 Å². The maximum Gasteiger partial charge on any atom is 0.164 e. The Bertz CT molecular complexity index is 124. The summed E-state index contributed by atoms with van der Waals surface area (Å²) in [5, 5.41) is 0. The monoisotopic (exact) mass is 191 g/mol. The average Bonchev–Trinajstić information content (AvgIpc) is 2.03. The Morgan fingerprint density at radius 2 is 1.92 bits per heavy atom. The van der Waals surface area contributed by atoms with Crippen LogP contribution in [0.25, 0.3) is 0 Å². The molecule has 0 amide bonds. The quantitative estimate of drug-likeness (QED) is 0.654. The lowest BCUT2D eigenvalue weighted by Gasteiger charge is -2.28. The number of nitrogens with zero attached hydrogens (tertiary/aromatic N) is 1. The molecule has 1 fully saturated rings. The van der Waals surface area contributed by atoms with E-state index < -0.39 is 8.38 Å². The average molecular weight is 191 g/mol. The van der Waals surface area contributed by atoms with Crippen molar-refractivity contribution in [1.82, 2.24) is 4.90 Å². The molecule has 0 unspecified atom stereocenters. The van der Waals surface area contributed by atoms with Crippen LogP contribution in [-0.4, -0.2) is 41.0 Å². The van der Waals surface area contributed by atoms with Crippen molar-refractivity contribution in [1.29, 1.82) is 0 Å². The smallest absolute Gasteiger partial charge is 0.164 e. The normalized spacial score (nSPS) is 22.0. The van der Waals surface area contributed by atoms with Gasteiger partial charge in [0.15, 0.2) is 8.38 Å². The van der Waals surface area contributed by atoms with E-state index in [1.54, 1.807) is 0 Å². The Hall–Kier alpha value is 0.310. The van der Waals surface area contributed by atoms with Gasteiger partial charge in [-0.25, -0.2) is 0 Å². The molecule has 72 valence electrons. The van der Waals surface area contributed by atoms with Gasteiger partial charge in [-0.3, -0.25) is 0 Å². The lowest BCUT2D eigenvalue weighted by atomic mass is 9.95. The van der Waals surface area contributed by atoms with E-state index in [-0.39, 0.29) is 0 Å². The van der Waals surface area contributed by atoms with Crippen LogP contribution in [0.1, 0.15) is 19.3 Å². The molecule has 1 aliphatic heterocycles. The third-order valence-electron chi connectivity index (χ3n) is 2.58. The molecule has 12 heavy (non-hydrogen) atoms. The summed E-state index contributed by atoms with van der Waals surface area (Å²) in [5.74, 6) is 0.727. The van der Waals surface area contributed by atoms with Crippen LogP contribution in [0, 0.1) is 5.92 Å². The molecular weight excluding hydrogens is 173 g/mol. The van der Waals surface area contributed by atoms with Gasteiger partial charge in [-0.15, -0.1) is 0 Å². The van der Waals surface area contributed by atoms with Gasteiger partial charge in [-0.1, -0.05) is 0 Å². The molecule has 4 heteroatoms. The minimum atomic E-state index is -1.65. The molecule has 1 rings (SSSR count). The van der Waals surface area contributed by atoms with E-state index in [9.17, 15) is 0 Å². The molecule has 0 saturated carbocycles. The summed E-state index contributed by atoms with van der Waals surface area (Å²) >= 11 is 0. The van der Waals surface area contributed by atoms with Crippen molar-refractivity contribution in [2.45, 2.75) is 19.3 Å². The fraction of sp³-hybridized carbons (Fsp3) is 1.00. The molecule has 0 aromatic heterocycles. The number of hydrogen-bond donors (Lipinski definition) is 2. The molecule has 0 aromatic carbocycles. The first kappa shape index (κ1) is 10.4. The minimum absolute atomic E-state index is 0.601. The number of rotatable bonds is 3. The molecule has 0 atom stereocenters. The van der Waals surface area contributed by atoms with Crippen LogP contribution in [0.4, 0.5) is 0 Å². The molecule has 0 spiro atoms. The third-order valence-corrected chi connectivity index (χ3v) is 3.23. The largest absolute Gasteiger partial charge is 0.350 e. The second-order valence-electron chi connectivity index (χ2n) is 3.63. The molecule has 0 radical (unpaired) electrons. The van der Waals surface area contributed by atoms with Crippen LogP contribution in [0.3, 0.4) is 0 Å². The van der Waals surface area contributed by atoms with Gasteiger partial charge in [0.05, 0.1) is 0 Å². The Balaban J connectivity index is 2.09. The van der Waals surface area contributed by atoms with Gasteiger partial charge in [0.2, 0.25) is 0 Å². The third kappa shape index (κ3) is 3.81. The topological polar surface area (TPSA) is 43.7 Å². The molecule has 1 aliphatic rings. The Kier molecular flexibility index (Phi) is 4.44. The van der Waals surface area contributed by atoms with E-state index in [1.807, 2.05) is 0 Å². The number of hydrogen-bond acceptors (Lipinski definition) is 3. The van der Waals surface area contributed by atoms with E-state index in [4.69, 9.17) is 9.79 Å². The highest BCUT2D eigenvalue weighted by atomic mass is 31.2. The summed E-state index contributed by atoms with van der Waals surface area (Å²) in [6, 6.07) is 0. The lowest BCUT2D eigenvalue weighted by Crippen LogP contribution is -2.30. The SMILES string of the molecule is CN1CCC(CCP(O)O)CC1. The second kappa shape index (κ2) is 5.13. The summed E-state index contributed by atoms with van der Waals surface area (Å²) in [6.07, 6.45) is 4.04. The first-order chi connectivity index (χ1) is 5.68. The molecular formula is C8H18NO2P. The zero-order valence-electron chi connectivity index (χ0n) is 7.61. The highest BCUT2D eigenvalue weighted by Gasteiger charge is 2.16. The highest BCUT2D eigenvalue weighted by molar-refractivity contribution is 7.45. The minimum Gasteiger partial charge on any atom is -0.350 e. The standard InChI is InChI=1S/C8H18NO2P/c1-9-5-2-8(3-6-9)4-7-12(10)11/h8,10-11H,2-7H2,1H3. The zero-order valence-corrected chi connectivity index (χ0v) is 8.50. The lowest BCUT2D eigenvalue weighted by molar-refractivity contribution is 0.216. The maximum atomic E-state index is 8.74. The number of piperidine rings is 1. The molecule has 0 aliphatic carbocycles. The van der Waals surface area contributed by atoms with Crippen molar-refractivity contribution in [2.24, 2.45) is 5.92 Å². The predicted molar refractivity (Wildman–Crippen MR) is 51.1 cm³/mol. The van der Waals surface area contributed by atoms with Crippen LogP contribution in [0.2, 0.25) is 0 Å². The van der Waals surface area contributed by atoms with Gasteiger partial charge < -0.3 is 14.7 Å². The van der Waals surface area contributed by atoms with E-state index >= 15 is 0 Å². The first-order valence-electron chi connectivity index (χ1n) is 4.52. The van der Waals surface area contributed by atoms with E-state index in [2.05, 4.69) is 11.9 Å². The Morgan fingerprint density at radius 1 is 1.33 bits per heavy atom. The molecule has 1 heterocycles. The van der Waals surface area contributed by atoms with Gasteiger partial charge in [0.25, 0.3) is 0 Å². The van der Waals surface area contributed by atoms with Crippen LogP contribution in [0.15, 0.2) is 0 Å². The molecule has 1 saturated heterocycles. The van der Waals surface area contributed by atoms with Crippen molar-refractivity contribution in [3.05, 3.63) is 0 Å². The van der Waals surface area contributed by atoms with Gasteiger partial charge in [-0.2, -0.15) is 0 Å². The van der Waals surface area contributed by atoms with Crippen molar-refractivity contribution < 1.29 is 9.79 Å². The van der Waals surface area contributed by atoms with Gasteiger partial charge in [0.1, 0.15) is 0 Å². The summed E-state index contributed by atoms with van der Waals surface area (Å²) in [6.45, 7) is 2.33. The maximum absolute atomic E-state index is 8.74. The van der Waals surface area contributed by atoms with Crippen LogP contribution < -0.4 is 0 Å². The number of likely N-dealkylation sites (tertiary alicyclic amines) is 1. The predicted octanol–water partition coefficient (Wildman–Crippen LogP) is 1.01. The Labute approximate surface area is 75.3 Å². The fourth-order valence-corrected chi connectivity index (χ4v) is 2.24. The highest BCUT2D eigenvalue weighted by Crippen LogP contribution is 2.29. The summed E-state index contributed by atoms with van der Waals surface area (Å²) in [7, 11) is 0.490. The second-order valence-corrected chi connectivity index (χ2v) is 4.82. The van der Waals surface area contributed by atoms with Crippen LogP contribution in [0.5, 0.6) is 0 Å². The van der Waals surface area contributed by atoms with Crippen molar-refractivity contribution in [2.75, 3.05) is 26.3 Å². The van der Waals surface area contributed by atoms with Crippen molar-refractivity contribution >= 4 is 8.38 Å². The van der Waals surface area contributed by atoms with E-state index in [0.29, 0.717) is 6.16 Å². The molecule has 0 aromatic rings. The van der Waals surface area contributed by atoms with E-state index in [1.165, 1.54) is 25.9 Å². The summed E-state index contributed by atoms with van der Waals surface area (Å²) in [5.41, 5.74) is 0. The van der Waals surface area contributed by atoms with Crippen molar-refractivity contribution in [3.8, 4) is 0 Å². The summed E-state index contributed by atoms with van der Waals surface area (Å²) < 4.78 is 0. The zero-order chi connectivity index (χ0) is 8.97. The first-order valence-corrected chi connectivity index (χ1v) is 5.95. The molecule has 2 N–H and O–H groups in total. The van der Waals surface area contributed by atoms with Gasteiger partial charge in [-0.05, 0) is 45.3 Å². The fourth-order valence-electron chi connectivity index (χ4n) is 1.65. The van der Waals surface area contributed by atoms with Gasteiger partial charge >= 0.3 is 0 Å². The van der Waals surface area contributed by atoms with Crippen molar-refractivity contribution in [3.63, 3.8) is 0 Å². The summed E-state index contributed by atoms with van der Waals surface area (Å²) in [4.78, 5) is 19.8. The Morgan fingerprint density at radius 3 is 2.42 bits per heavy atom. The van der Waals surface area contributed by atoms with Crippen LogP contribution in [-0.2, 0) is 0 Å². The van der Waals surface area contributed by atoms with Crippen LogP contribution >= 0.6 is 8.38 Å². The van der Waals surface area contributed by atoms with E-state index in [0.717, 1.165) is 12.3 Å². The molecule has 3 nitrogen and oxygen atoms in total. The molecule has 0 bridgehead atoms.